The van der Waals surface area contributed by atoms with Crippen molar-refractivity contribution in [2.24, 2.45) is 4.99 Å². The van der Waals surface area contributed by atoms with E-state index in [4.69, 9.17) is 11.6 Å². The van der Waals surface area contributed by atoms with Gasteiger partial charge in [-0.15, -0.1) is 0 Å². The Balaban J connectivity index is 2.22. The SMILES string of the molecule is CCN(C)C=Nc1cc(Cl)c(Nc2ccc(F)cc2)cc1C. The number of rotatable bonds is 5. The van der Waals surface area contributed by atoms with E-state index in [-0.39, 0.29) is 5.82 Å². The van der Waals surface area contributed by atoms with Crippen LogP contribution in [0.3, 0.4) is 0 Å². The summed E-state index contributed by atoms with van der Waals surface area (Å²) in [6, 6.07) is 9.91. The zero-order chi connectivity index (χ0) is 16.1. The maximum Gasteiger partial charge on any atom is 0.123 e. The molecule has 2 aromatic carbocycles. The summed E-state index contributed by atoms with van der Waals surface area (Å²) in [5.74, 6) is -0.266. The number of aliphatic imine (C=N–C) groups is 1. The Morgan fingerprint density at radius 2 is 1.95 bits per heavy atom. The Bertz CT molecular complexity index is 668. The lowest BCUT2D eigenvalue weighted by molar-refractivity contribution is 0.552. The Morgan fingerprint density at radius 1 is 1.27 bits per heavy atom. The maximum absolute atomic E-state index is 12.9. The van der Waals surface area contributed by atoms with Crippen LogP contribution in [-0.2, 0) is 0 Å². The molecular formula is C17H19ClFN3. The number of aryl methyl sites for hydroxylation is 1. The minimum atomic E-state index is -0.266. The van der Waals surface area contributed by atoms with Gasteiger partial charge in [0, 0.05) is 19.3 Å². The minimum absolute atomic E-state index is 0.266. The highest BCUT2D eigenvalue weighted by Crippen LogP contribution is 2.32. The maximum atomic E-state index is 12.9. The third kappa shape index (κ3) is 4.21. The van der Waals surface area contributed by atoms with Gasteiger partial charge in [-0.3, -0.25) is 0 Å². The van der Waals surface area contributed by atoms with Crippen LogP contribution >= 0.6 is 11.6 Å². The van der Waals surface area contributed by atoms with Crippen LogP contribution in [0.4, 0.5) is 21.5 Å². The lowest BCUT2D eigenvalue weighted by Gasteiger charge is -2.12. The van der Waals surface area contributed by atoms with Crippen LogP contribution in [-0.4, -0.2) is 24.8 Å². The highest BCUT2D eigenvalue weighted by Gasteiger charge is 2.06. The molecule has 0 aliphatic rings. The summed E-state index contributed by atoms with van der Waals surface area (Å²) in [5, 5.41) is 3.75. The van der Waals surface area contributed by atoms with E-state index in [1.165, 1.54) is 12.1 Å². The van der Waals surface area contributed by atoms with Crippen LogP contribution in [0.5, 0.6) is 0 Å². The zero-order valence-corrected chi connectivity index (χ0v) is 13.7. The van der Waals surface area contributed by atoms with Crippen LogP contribution in [0.25, 0.3) is 0 Å². The molecule has 2 rings (SSSR count). The Kier molecular flexibility index (Phi) is 5.39. The van der Waals surface area contributed by atoms with E-state index in [1.54, 1.807) is 18.5 Å². The Labute approximate surface area is 135 Å². The lowest BCUT2D eigenvalue weighted by atomic mass is 10.1. The molecular weight excluding hydrogens is 301 g/mol. The normalized spacial score (nSPS) is 11.0. The van der Waals surface area contributed by atoms with E-state index in [0.29, 0.717) is 5.02 Å². The number of halogens is 2. The molecule has 0 radical (unpaired) electrons. The number of anilines is 2. The second kappa shape index (κ2) is 7.27. The monoisotopic (exact) mass is 319 g/mol. The van der Waals surface area contributed by atoms with Crippen molar-refractivity contribution in [2.45, 2.75) is 13.8 Å². The predicted octanol–water partition coefficient (Wildman–Crippen LogP) is 5.14. The largest absolute Gasteiger partial charge is 0.366 e. The van der Waals surface area contributed by atoms with Gasteiger partial charge in [0.15, 0.2) is 0 Å². The summed E-state index contributed by atoms with van der Waals surface area (Å²) in [6.07, 6.45) is 1.78. The molecule has 0 amide bonds. The van der Waals surface area contributed by atoms with Gasteiger partial charge >= 0.3 is 0 Å². The fourth-order valence-electron chi connectivity index (χ4n) is 1.84. The van der Waals surface area contributed by atoms with Gasteiger partial charge in [-0.1, -0.05) is 11.6 Å². The third-order valence-electron chi connectivity index (χ3n) is 3.30. The van der Waals surface area contributed by atoms with Crippen molar-refractivity contribution in [1.29, 1.82) is 0 Å². The van der Waals surface area contributed by atoms with E-state index < -0.39 is 0 Å². The van der Waals surface area contributed by atoms with Crippen molar-refractivity contribution in [3.05, 3.63) is 52.8 Å². The molecule has 22 heavy (non-hydrogen) atoms. The number of nitrogens with zero attached hydrogens (tertiary/aromatic N) is 2. The quantitative estimate of drug-likeness (QED) is 0.610. The molecule has 0 atom stereocenters. The highest BCUT2D eigenvalue weighted by atomic mass is 35.5. The molecule has 3 nitrogen and oxygen atoms in total. The summed E-state index contributed by atoms with van der Waals surface area (Å²) in [7, 11) is 1.96. The standard InChI is InChI=1S/C17H19ClFN3/c1-4-22(3)11-20-16-10-15(18)17(9-12(16)2)21-14-7-5-13(19)6-8-14/h5-11,21H,4H2,1-3H3. The number of benzene rings is 2. The molecule has 0 saturated heterocycles. The first-order chi connectivity index (χ1) is 10.5. The van der Waals surface area contributed by atoms with E-state index >= 15 is 0 Å². The van der Waals surface area contributed by atoms with Gasteiger partial charge in [0.05, 0.1) is 22.7 Å². The highest BCUT2D eigenvalue weighted by molar-refractivity contribution is 6.33. The number of nitrogens with one attached hydrogen (secondary N) is 1. The van der Waals surface area contributed by atoms with E-state index in [0.717, 1.165) is 29.2 Å². The first-order valence-corrected chi connectivity index (χ1v) is 7.44. The predicted molar refractivity (Wildman–Crippen MR) is 92.3 cm³/mol. The third-order valence-corrected chi connectivity index (χ3v) is 3.61. The first kappa shape index (κ1) is 16.3. The second-order valence-corrected chi connectivity index (χ2v) is 5.48. The topological polar surface area (TPSA) is 27.6 Å². The van der Waals surface area contributed by atoms with Gasteiger partial charge in [0.25, 0.3) is 0 Å². The summed E-state index contributed by atoms with van der Waals surface area (Å²) < 4.78 is 12.9. The summed E-state index contributed by atoms with van der Waals surface area (Å²) in [5.41, 5.74) is 3.39. The fourth-order valence-corrected chi connectivity index (χ4v) is 2.04. The molecule has 1 N–H and O–H groups in total. The van der Waals surface area contributed by atoms with Crippen LogP contribution in [0.1, 0.15) is 12.5 Å². The Morgan fingerprint density at radius 3 is 2.59 bits per heavy atom. The molecule has 116 valence electrons. The Hall–Kier alpha value is -2.07. The molecule has 0 aromatic heterocycles. The minimum Gasteiger partial charge on any atom is -0.366 e. The first-order valence-electron chi connectivity index (χ1n) is 7.06. The van der Waals surface area contributed by atoms with Crippen molar-refractivity contribution in [3.63, 3.8) is 0 Å². The van der Waals surface area contributed by atoms with Crippen molar-refractivity contribution < 1.29 is 4.39 Å². The molecule has 0 aliphatic heterocycles. The van der Waals surface area contributed by atoms with Gasteiger partial charge in [-0.05, 0) is 55.8 Å². The average molecular weight is 320 g/mol. The number of hydrogen-bond acceptors (Lipinski definition) is 2. The van der Waals surface area contributed by atoms with Crippen molar-refractivity contribution >= 4 is 35.0 Å². The van der Waals surface area contributed by atoms with Crippen LogP contribution in [0.2, 0.25) is 5.02 Å². The van der Waals surface area contributed by atoms with Gasteiger partial charge < -0.3 is 10.2 Å². The second-order valence-electron chi connectivity index (χ2n) is 5.07. The summed E-state index contributed by atoms with van der Waals surface area (Å²) in [6.45, 7) is 4.92. The van der Waals surface area contributed by atoms with Gasteiger partial charge in [0.1, 0.15) is 5.82 Å². The van der Waals surface area contributed by atoms with Crippen LogP contribution in [0, 0.1) is 12.7 Å². The molecule has 0 unspecified atom stereocenters. The summed E-state index contributed by atoms with van der Waals surface area (Å²) >= 11 is 6.31. The molecule has 0 fully saturated rings. The van der Waals surface area contributed by atoms with Gasteiger partial charge in [-0.2, -0.15) is 0 Å². The molecule has 0 spiro atoms. The van der Waals surface area contributed by atoms with Crippen molar-refractivity contribution in [2.75, 3.05) is 18.9 Å². The lowest BCUT2D eigenvalue weighted by Crippen LogP contribution is -2.14. The van der Waals surface area contributed by atoms with Gasteiger partial charge in [0.2, 0.25) is 0 Å². The van der Waals surface area contributed by atoms with E-state index in [2.05, 4.69) is 17.2 Å². The van der Waals surface area contributed by atoms with E-state index in [1.807, 2.05) is 31.0 Å². The zero-order valence-electron chi connectivity index (χ0n) is 12.9. The molecule has 0 heterocycles. The molecule has 0 bridgehead atoms. The van der Waals surface area contributed by atoms with Gasteiger partial charge in [-0.25, -0.2) is 9.38 Å². The average Bonchev–Trinajstić information content (AvgIpc) is 2.51. The fraction of sp³-hybridized carbons (Fsp3) is 0.235. The van der Waals surface area contributed by atoms with Crippen LogP contribution < -0.4 is 5.32 Å². The molecule has 0 aliphatic carbocycles. The van der Waals surface area contributed by atoms with Crippen molar-refractivity contribution in [1.82, 2.24) is 4.90 Å². The molecule has 2 aromatic rings. The van der Waals surface area contributed by atoms with Crippen molar-refractivity contribution in [3.8, 4) is 0 Å². The summed E-state index contributed by atoms with van der Waals surface area (Å²) in [4.78, 5) is 6.42. The number of hydrogen-bond donors (Lipinski definition) is 1. The van der Waals surface area contributed by atoms with Crippen LogP contribution in [0.15, 0.2) is 41.4 Å². The smallest absolute Gasteiger partial charge is 0.123 e. The molecule has 0 saturated carbocycles. The molecule has 5 heteroatoms. The van der Waals surface area contributed by atoms with E-state index in [9.17, 15) is 4.39 Å².